The first-order valence-electron chi connectivity index (χ1n) is 5.25. The second kappa shape index (κ2) is 2.98. The summed E-state index contributed by atoms with van der Waals surface area (Å²) in [4.78, 5) is 1.96. The van der Waals surface area contributed by atoms with Crippen LogP contribution in [0.5, 0.6) is 5.75 Å². The van der Waals surface area contributed by atoms with E-state index in [-0.39, 0.29) is 0 Å². The van der Waals surface area contributed by atoms with Gasteiger partial charge in [0.15, 0.2) is 0 Å². The summed E-state index contributed by atoms with van der Waals surface area (Å²) in [5.41, 5.74) is 3.16. The fraction of sp³-hybridized carbons (Fsp3) is 0. The van der Waals surface area contributed by atoms with Crippen molar-refractivity contribution < 1.29 is 5.11 Å². The Kier molecular flexibility index (Phi) is 1.65. The highest BCUT2D eigenvalue weighted by molar-refractivity contribution is 14.1. The lowest BCUT2D eigenvalue weighted by Crippen LogP contribution is -1.87. The molecule has 0 bridgehead atoms. The maximum absolute atomic E-state index is 9.89. The summed E-state index contributed by atoms with van der Waals surface area (Å²) in [5, 5.41) is 9.89. The Morgan fingerprint density at radius 3 is 2.24 bits per heavy atom. The van der Waals surface area contributed by atoms with Gasteiger partial charge in [-0.2, -0.15) is 0 Å². The molecule has 84 valence electrons. The van der Waals surface area contributed by atoms with Gasteiger partial charge in [0, 0.05) is 3.57 Å². The van der Waals surface area contributed by atoms with Gasteiger partial charge >= 0.3 is 0 Å². The summed E-state index contributed by atoms with van der Waals surface area (Å²) in [6.45, 7) is 0. The highest BCUT2D eigenvalue weighted by Gasteiger charge is 2.24. The van der Waals surface area contributed by atoms with Gasteiger partial charge in [-0.25, -0.2) is 0 Å². The summed E-state index contributed by atoms with van der Waals surface area (Å²) in [7, 11) is 0. The zero-order valence-electron chi connectivity index (χ0n) is 8.71. The van der Waals surface area contributed by atoms with E-state index in [0.29, 0.717) is 5.75 Å². The molecule has 0 amide bonds. The van der Waals surface area contributed by atoms with Crippen molar-refractivity contribution in [1.82, 2.24) is 14.1 Å². The average molecular weight is 337 g/mol. The minimum absolute atomic E-state index is 0.297. The third-order valence-electron chi connectivity index (χ3n) is 2.97. The first kappa shape index (κ1) is 9.41. The lowest BCUT2D eigenvalue weighted by atomic mass is 10.3. The number of benzene rings is 2. The highest BCUT2D eigenvalue weighted by Crippen LogP contribution is 2.30. The Labute approximate surface area is 110 Å². The van der Waals surface area contributed by atoms with Crippen molar-refractivity contribution in [1.29, 1.82) is 0 Å². The molecular formula is C12H8IN3O. The Balaban J connectivity index is 2.00. The number of nitrogens with zero attached hydrogens (tertiary/aromatic N) is 3. The molecule has 0 aliphatic heterocycles. The van der Waals surface area contributed by atoms with E-state index in [9.17, 15) is 5.11 Å². The number of halogens is 1. The van der Waals surface area contributed by atoms with Crippen LogP contribution in [-0.4, -0.2) is 19.2 Å². The van der Waals surface area contributed by atoms with E-state index in [1.165, 1.54) is 11.0 Å². The van der Waals surface area contributed by atoms with Crippen LogP contribution in [0.15, 0.2) is 42.5 Å². The highest BCUT2D eigenvalue weighted by atomic mass is 127. The van der Waals surface area contributed by atoms with E-state index in [1.54, 1.807) is 6.07 Å². The van der Waals surface area contributed by atoms with Crippen LogP contribution in [0.25, 0.3) is 16.7 Å². The van der Waals surface area contributed by atoms with E-state index >= 15 is 0 Å². The van der Waals surface area contributed by atoms with Gasteiger partial charge in [0.2, 0.25) is 0 Å². The topological polar surface area (TPSA) is 34.0 Å². The molecule has 4 nitrogen and oxygen atoms in total. The number of fused-ring (bicyclic) bond motifs is 4. The number of aromatic hydroxyl groups is 1. The molecule has 0 aliphatic rings. The predicted molar refractivity (Wildman–Crippen MR) is 73.2 cm³/mol. The molecule has 0 saturated heterocycles. The molecule has 1 N–H and O–H groups in total. The molecule has 0 fully saturated rings. The minimum atomic E-state index is 0.297. The largest absolute Gasteiger partial charge is 0.506 e. The third kappa shape index (κ3) is 1.12. The SMILES string of the molecule is Oc1ccc(I)cc1-n1n2c3ccccc3n12. The summed E-state index contributed by atoms with van der Waals surface area (Å²) in [5.74, 6) is 0.297. The molecule has 0 aliphatic carbocycles. The van der Waals surface area contributed by atoms with Gasteiger partial charge in [0.25, 0.3) is 0 Å². The minimum Gasteiger partial charge on any atom is -0.506 e. The van der Waals surface area contributed by atoms with Gasteiger partial charge in [-0.15, -0.1) is 14.1 Å². The number of phenols is 1. The normalized spacial score (nSPS) is 12.1. The van der Waals surface area contributed by atoms with E-state index in [2.05, 4.69) is 34.7 Å². The van der Waals surface area contributed by atoms with Crippen LogP contribution in [0.4, 0.5) is 0 Å². The van der Waals surface area contributed by atoms with Gasteiger partial charge < -0.3 is 5.11 Å². The van der Waals surface area contributed by atoms with Crippen molar-refractivity contribution in [3.8, 4) is 11.4 Å². The van der Waals surface area contributed by atoms with Crippen molar-refractivity contribution >= 4 is 33.6 Å². The van der Waals surface area contributed by atoms with Crippen LogP contribution >= 0.6 is 22.6 Å². The molecule has 0 spiro atoms. The first-order chi connectivity index (χ1) is 8.27. The fourth-order valence-corrected chi connectivity index (χ4v) is 2.63. The maximum Gasteiger partial charge on any atom is 0.143 e. The molecule has 0 atom stereocenters. The third-order valence-corrected chi connectivity index (χ3v) is 3.64. The molecule has 2 aromatic carbocycles. The smallest absolute Gasteiger partial charge is 0.143 e. The number of hydrogen-bond donors (Lipinski definition) is 1. The average Bonchev–Trinajstić information content (AvgIpc) is 2.98. The molecule has 2 heterocycles. The molecule has 0 radical (unpaired) electrons. The lowest BCUT2D eigenvalue weighted by molar-refractivity contribution is 0.471. The second-order valence-electron chi connectivity index (χ2n) is 3.99. The number of aromatic nitrogens is 3. The molecule has 0 saturated carbocycles. The van der Waals surface area contributed by atoms with Crippen LogP contribution in [0.2, 0.25) is 0 Å². The van der Waals surface area contributed by atoms with Crippen molar-refractivity contribution in [3.05, 3.63) is 46.0 Å². The van der Waals surface area contributed by atoms with Crippen LogP contribution < -0.4 is 0 Å². The lowest BCUT2D eigenvalue weighted by Gasteiger charge is -1.98. The standard InChI is InChI=1S/C12H8IN3O/c13-8-5-6-12(17)11(7-8)16-14-9-3-1-2-4-10(9)15(14)16/h1-7,17H. The zero-order chi connectivity index (χ0) is 11.6. The van der Waals surface area contributed by atoms with E-state index < -0.39 is 0 Å². The summed E-state index contributed by atoms with van der Waals surface area (Å²) < 4.78 is 5.16. The van der Waals surface area contributed by atoms with Crippen molar-refractivity contribution in [3.63, 3.8) is 0 Å². The van der Waals surface area contributed by atoms with E-state index in [1.807, 2.05) is 38.3 Å². The van der Waals surface area contributed by atoms with Crippen LogP contribution in [0.3, 0.4) is 0 Å². The zero-order valence-corrected chi connectivity index (χ0v) is 10.9. The van der Waals surface area contributed by atoms with Gasteiger partial charge in [0.1, 0.15) is 22.5 Å². The Hall–Kier alpha value is -1.63. The molecule has 17 heavy (non-hydrogen) atoms. The van der Waals surface area contributed by atoms with Crippen molar-refractivity contribution in [2.45, 2.75) is 0 Å². The Morgan fingerprint density at radius 2 is 1.59 bits per heavy atom. The van der Waals surface area contributed by atoms with Crippen LogP contribution in [0.1, 0.15) is 0 Å². The van der Waals surface area contributed by atoms with Gasteiger partial charge in [0.05, 0.1) is 0 Å². The summed E-state index contributed by atoms with van der Waals surface area (Å²) in [6.07, 6.45) is 0. The second-order valence-corrected chi connectivity index (χ2v) is 5.24. The van der Waals surface area contributed by atoms with Crippen molar-refractivity contribution in [2.75, 3.05) is 0 Å². The van der Waals surface area contributed by atoms with Crippen LogP contribution in [-0.2, 0) is 0 Å². The number of phenolic OH excluding ortho intramolecular Hbond substituents is 1. The Bertz CT molecular complexity index is 781. The molecule has 0 unspecified atom stereocenters. The molecule has 2 aromatic heterocycles. The van der Waals surface area contributed by atoms with Crippen LogP contribution in [0, 0.1) is 3.57 Å². The number of para-hydroxylation sites is 2. The van der Waals surface area contributed by atoms with Gasteiger partial charge in [-0.3, -0.25) is 0 Å². The maximum atomic E-state index is 9.89. The Morgan fingerprint density at radius 1 is 0.941 bits per heavy atom. The van der Waals surface area contributed by atoms with Crippen molar-refractivity contribution in [2.24, 2.45) is 0 Å². The van der Waals surface area contributed by atoms with Gasteiger partial charge in [-0.05, 0) is 52.9 Å². The predicted octanol–water partition coefficient (Wildman–Crippen LogP) is 2.73. The summed E-state index contributed by atoms with van der Waals surface area (Å²) in [6, 6.07) is 13.7. The summed E-state index contributed by atoms with van der Waals surface area (Å²) >= 11 is 2.24. The van der Waals surface area contributed by atoms with E-state index in [0.717, 1.165) is 9.26 Å². The molecule has 5 heteroatoms. The molecule has 4 rings (SSSR count). The van der Waals surface area contributed by atoms with E-state index in [4.69, 9.17) is 0 Å². The quantitative estimate of drug-likeness (QED) is 0.533. The molecular weight excluding hydrogens is 329 g/mol. The number of hydrogen-bond acceptors (Lipinski definition) is 1. The number of rotatable bonds is 1. The monoisotopic (exact) mass is 337 g/mol. The fourth-order valence-electron chi connectivity index (χ4n) is 2.15. The first-order valence-corrected chi connectivity index (χ1v) is 6.33. The molecule has 4 aromatic rings. The van der Waals surface area contributed by atoms with Gasteiger partial charge in [-0.1, -0.05) is 12.1 Å².